The van der Waals surface area contributed by atoms with Gasteiger partial charge in [0.05, 0.1) is 10.6 Å². The van der Waals surface area contributed by atoms with Crippen molar-refractivity contribution in [3.05, 3.63) is 28.5 Å². The molecule has 0 aromatic heterocycles. The Morgan fingerprint density at radius 3 is 2.33 bits per heavy atom. The van der Waals surface area contributed by atoms with Crippen molar-refractivity contribution in [1.29, 1.82) is 0 Å². The van der Waals surface area contributed by atoms with E-state index in [1.165, 1.54) is 6.07 Å². The number of hydrogen-bond acceptors (Lipinski definition) is 1. The van der Waals surface area contributed by atoms with E-state index in [2.05, 4.69) is 31.1 Å². The molecule has 0 spiro atoms. The Kier molecular flexibility index (Phi) is 5.03. The Labute approximate surface area is 116 Å². The highest BCUT2D eigenvalue weighted by molar-refractivity contribution is 6.83. The first kappa shape index (κ1) is 15.3. The molecule has 1 aromatic carbocycles. The lowest BCUT2D eigenvalue weighted by atomic mass is 10.2. The van der Waals surface area contributed by atoms with Crippen LogP contribution in [0.3, 0.4) is 0 Å². The van der Waals surface area contributed by atoms with E-state index >= 15 is 0 Å². The van der Waals surface area contributed by atoms with Crippen LogP contribution in [0.2, 0.25) is 37.8 Å². The molecule has 0 aliphatic heterocycles. The average molecular weight is 300 g/mol. The quantitative estimate of drug-likeness (QED) is 0.583. The van der Waals surface area contributed by atoms with Crippen molar-refractivity contribution in [2.24, 2.45) is 0 Å². The van der Waals surface area contributed by atoms with E-state index in [9.17, 15) is 4.39 Å². The highest BCUT2D eigenvalue weighted by Crippen LogP contribution is 2.25. The highest BCUT2D eigenvalue weighted by atomic mass is 35.5. The van der Waals surface area contributed by atoms with E-state index in [4.69, 9.17) is 16.0 Å². The summed E-state index contributed by atoms with van der Waals surface area (Å²) in [5.41, 5.74) is 3.38. The second-order valence-electron chi connectivity index (χ2n) is 5.27. The summed E-state index contributed by atoms with van der Waals surface area (Å²) in [6, 6.07) is 2.99. The maximum absolute atomic E-state index is 13.9. The van der Waals surface area contributed by atoms with Crippen molar-refractivity contribution in [1.82, 2.24) is 0 Å². The predicted molar refractivity (Wildman–Crippen MR) is 79.7 cm³/mol. The van der Waals surface area contributed by atoms with E-state index in [-0.39, 0.29) is 5.56 Å². The summed E-state index contributed by atoms with van der Waals surface area (Å²) in [6.45, 7) is 10.3. The second-order valence-corrected chi connectivity index (χ2v) is 12.5. The molecule has 1 nitrogen and oxygen atoms in total. The van der Waals surface area contributed by atoms with Crippen LogP contribution < -0.4 is 4.43 Å². The minimum Gasteiger partial charge on any atom is -0.543 e. The summed E-state index contributed by atoms with van der Waals surface area (Å²) in [4.78, 5) is 0. The fourth-order valence-electron chi connectivity index (χ4n) is 1.21. The van der Waals surface area contributed by atoms with Crippen molar-refractivity contribution in [3.63, 3.8) is 0 Å². The molecule has 0 fully saturated rings. The van der Waals surface area contributed by atoms with Gasteiger partial charge in [-0.25, -0.2) is 4.39 Å². The zero-order valence-electron chi connectivity index (χ0n) is 11.3. The van der Waals surface area contributed by atoms with E-state index in [0.717, 1.165) is 0 Å². The molecule has 0 N–H and O–H groups in total. The SMILES string of the molecule is C[Si](C)Oc1cc(F)c(C#C[Si](C)(C)C)c(Cl)c1. The lowest BCUT2D eigenvalue weighted by Crippen LogP contribution is -2.16. The first-order valence-corrected chi connectivity index (χ1v) is 12.0. The van der Waals surface area contributed by atoms with Crippen molar-refractivity contribution >= 4 is 28.7 Å². The van der Waals surface area contributed by atoms with Crippen LogP contribution in [0.25, 0.3) is 0 Å². The van der Waals surface area contributed by atoms with Gasteiger partial charge in [0.25, 0.3) is 9.04 Å². The van der Waals surface area contributed by atoms with Gasteiger partial charge in [0.1, 0.15) is 19.6 Å². The first-order chi connectivity index (χ1) is 8.19. The van der Waals surface area contributed by atoms with Crippen LogP contribution in [-0.2, 0) is 0 Å². The van der Waals surface area contributed by atoms with Crippen LogP contribution in [0.5, 0.6) is 5.75 Å². The van der Waals surface area contributed by atoms with Crippen LogP contribution in [0.15, 0.2) is 12.1 Å². The van der Waals surface area contributed by atoms with Gasteiger partial charge < -0.3 is 4.43 Å². The zero-order valence-corrected chi connectivity index (χ0v) is 14.1. The third-order valence-corrected chi connectivity index (χ3v) is 3.72. The molecule has 1 aromatic rings. The van der Waals surface area contributed by atoms with E-state index in [1.54, 1.807) is 6.07 Å². The molecule has 0 saturated carbocycles. The molecular formula is C13H17ClFOSi2. The van der Waals surface area contributed by atoms with Gasteiger partial charge in [-0.3, -0.25) is 0 Å². The predicted octanol–water partition coefficient (Wildman–Crippen LogP) is 4.34. The van der Waals surface area contributed by atoms with Crippen molar-refractivity contribution in [2.75, 3.05) is 0 Å². The van der Waals surface area contributed by atoms with Gasteiger partial charge in [-0.1, -0.05) is 37.2 Å². The van der Waals surface area contributed by atoms with Crippen LogP contribution in [0.1, 0.15) is 5.56 Å². The summed E-state index contributed by atoms with van der Waals surface area (Å²) in [7, 11) is -2.46. The molecule has 0 bridgehead atoms. The lowest BCUT2D eigenvalue weighted by Gasteiger charge is -2.10. The maximum atomic E-state index is 13.9. The molecule has 0 saturated heterocycles. The highest BCUT2D eigenvalue weighted by Gasteiger charge is 2.12. The van der Waals surface area contributed by atoms with Crippen molar-refractivity contribution < 1.29 is 8.82 Å². The van der Waals surface area contributed by atoms with Gasteiger partial charge in [-0.15, -0.1) is 5.54 Å². The number of rotatable bonds is 2. The van der Waals surface area contributed by atoms with Gasteiger partial charge in [-0.05, 0) is 19.2 Å². The standard InChI is InChI=1S/C13H17ClFOSi2/c1-17(2)16-10-8-12(14)11(13(15)9-10)6-7-18(3,4)5/h8-9H,1-5H3. The van der Waals surface area contributed by atoms with Gasteiger partial charge in [0.15, 0.2) is 0 Å². The van der Waals surface area contributed by atoms with Gasteiger partial charge in [0, 0.05) is 6.07 Å². The Morgan fingerprint density at radius 1 is 1.28 bits per heavy atom. The molecule has 1 rings (SSSR count). The molecule has 0 heterocycles. The minimum atomic E-state index is -1.54. The average Bonchev–Trinajstić information content (AvgIpc) is 2.12. The molecule has 1 radical (unpaired) electrons. The van der Waals surface area contributed by atoms with Crippen LogP contribution in [-0.4, -0.2) is 17.1 Å². The van der Waals surface area contributed by atoms with E-state index in [1.807, 2.05) is 13.1 Å². The van der Waals surface area contributed by atoms with Crippen LogP contribution in [0.4, 0.5) is 4.39 Å². The largest absolute Gasteiger partial charge is 0.543 e. The fraction of sp³-hybridized carbons (Fsp3) is 0.385. The Morgan fingerprint density at radius 2 is 1.89 bits per heavy atom. The second kappa shape index (κ2) is 5.92. The molecule has 18 heavy (non-hydrogen) atoms. The number of hydrogen-bond donors (Lipinski definition) is 0. The summed E-state index contributed by atoms with van der Waals surface area (Å²) < 4.78 is 19.4. The summed E-state index contributed by atoms with van der Waals surface area (Å²) in [5.74, 6) is 2.93. The van der Waals surface area contributed by atoms with Crippen molar-refractivity contribution in [3.8, 4) is 17.2 Å². The summed E-state index contributed by atoms with van der Waals surface area (Å²) in [6.07, 6.45) is 0. The molecule has 0 aliphatic rings. The number of halogens is 2. The molecular weight excluding hydrogens is 283 g/mol. The van der Waals surface area contributed by atoms with Gasteiger partial charge in [0.2, 0.25) is 0 Å². The molecule has 0 amide bonds. The summed E-state index contributed by atoms with van der Waals surface area (Å²) >= 11 is 6.05. The molecule has 5 heteroatoms. The Bertz CT molecular complexity index is 475. The van der Waals surface area contributed by atoms with Gasteiger partial charge >= 0.3 is 0 Å². The maximum Gasteiger partial charge on any atom is 0.274 e. The monoisotopic (exact) mass is 299 g/mol. The van der Waals surface area contributed by atoms with Crippen LogP contribution in [0, 0.1) is 17.3 Å². The first-order valence-electron chi connectivity index (χ1n) is 5.69. The zero-order chi connectivity index (χ0) is 13.9. The van der Waals surface area contributed by atoms with E-state index in [0.29, 0.717) is 10.8 Å². The Hall–Kier alpha value is -0.766. The molecule has 97 valence electrons. The molecule has 0 unspecified atom stereocenters. The third-order valence-electron chi connectivity index (χ3n) is 1.90. The summed E-state index contributed by atoms with van der Waals surface area (Å²) in [5, 5.41) is 0.319. The lowest BCUT2D eigenvalue weighted by molar-refractivity contribution is 0.562. The molecule has 0 aliphatic carbocycles. The molecule has 0 atom stereocenters. The number of benzene rings is 1. The third kappa shape index (κ3) is 4.85. The van der Waals surface area contributed by atoms with Crippen LogP contribution >= 0.6 is 11.6 Å². The van der Waals surface area contributed by atoms with Crippen molar-refractivity contribution in [2.45, 2.75) is 32.7 Å². The topological polar surface area (TPSA) is 9.23 Å². The Balaban J connectivity index is 3.12. The van der Waals surface area contributed by atoms with Gasteiger partial charge in [-0.2, -0.15) is 0 Å². The smallest absolute Gasteiger partial charge is 0.274 e. The van der Waals surface area contributed by atoms with E-state index < -0.39 is 22.9 Å². The normalized spacial score (nSPS) is 11.1. The minimum absolute atomic E-state index is 0.271. The fourth-order valence-corrected chi connectivity index (χ4v) is 2.55.